The second kappa shape index (κ2) is 6.09. The molecule has 0 spiro atoms. The van der Waals surface area contributed by atoms with Gasteiger partial charge in [0.15, 0.2) is 0 Å². The first-order valence-corrected chi connectivity index (χ1v) is 7.01. The predicted octanol–water partition coefficient (Wildman–Crippen LogP) is 2.62. The number of ether oxygens (including phenoxy) is 1. The summed E-state index contributed by atoms with van der Waals surface area (Å²) in [6.45, 7) is 6.97. The summed E-state index contributed by atoms with van der Waals surface area (Å²) in [7, 11) is 0. The first kappa shape index (κ1) is 14.6. The van der Waals surface area contributed by atoms with Gasteiger partial charge in [0.1, 0.15) is 11.9 Å². The number of carbonyl (C=O) groups excluding carboxylic acids is 1. The molecule has 0 aromatic heterocycles. The van der Waals surface area contributed by atoms with E-state index >= 15 is 0 Å². The van der Waals surface area contributed by atoms with Gasteiger partial charge in [0.25, 0.3) is 5.91 Å². The second-order valence-corrected chi connectivity index (χ2v) is 5.32. The summed E-state index contributed by atoms with van der Waals surface area (Å²) < 4.78 is 5.94. The van der Waals surface area contributed by atoms with Crippen molar-refractivity contribution in [1.82, 2.24) is 0 Å². The van der Waals surface area contributed by atoms with Crippen LogP contribution in [-0.4, -0.2) is 18.6 Å². The van der Waals surface area contributed by atoms with E-state index in [9.17, 15) is 4.79 Å². The number of allylic oxidation sites excluding steroid dienone is 1. The molecule has 0 saturated heterocycles. The number of rotatable bonds is 3. The van der Waals surface area contributed by atoms with E-state index in [1.165, 1.54) is 0 Å². The molecule has 1 heterocycles. The van der Waals surface area contributed by atoms with Crippen LogP contribution in [0.4, 0.5) is 5.69 Å². The number of hydrogen-bond donors (Lipinski definition) is 1. The third kappa shape index (κ3) is 3.02. The van der Waals surface area contributed by atoms with Crippen molar-refractivity contribution >= 4 is 11.6 Å². The Hall–Kier alpha value is -1.81. The molecular formula is C16H22N2O2. The lowest BCUT2D eigenvalue weighted by Gasteiger charge is -2.34. The minimum atomic E-state index is 0.00787. The topological polar surface area (TPSA) is 55.6 Å². The molecule has 1 aliphatic rings. The molecule has 2 N–H and O–H groups in total. The van der Waals surface area contributed by atoms with Gasteiger partial charge in [-0.3, -0.25) is 4.79 Å². The maximum absolute atomic E-state index is 12.4. The fraction of sp³-hybridized carbons (Fsp3) is 0.438. The van der Waals surface area contributed by atoms with Crippen LogP contribution in [0.25, 0.3) is 0 Å². The minimum absolute atomic E-state index is 0.00787. The van der Waals surface area contributed by atoms with Gasteiger partial charge < -0.3 is 15.4 Å². The van der Waals surface area contributed by atoms with Crippen molar-refractivity contribution in [3.8, 4) is 5.75 Å². The molecule has 1 aliphatic heterocycles. The fourth-order valence-corrected chi connectivity index (χ4v) is 2.27. The van der Waals surface area contributed by atoms with Crippen molar-refractivity contribution in [2.75, 3.05) is 11.4 Å². The highest BCUT2D eigenvalue weighted by molar-refractivity contribution is 6.03. The van der Waals surface area contributed by atoms with Crippen LogP contribution in [0, 0.1) is 0 Å². The predicted molar refractivity (Wildman–Crippen MR) is 80.8 cm³/mol. The van der Waals surface area contributed by atoms with E-state index in [4.69, 9.17) is 10.5 Å². The lowest BCUT2D eigenvalue weighted by Crippen LogP contribution is -2.42. The van der Waals surface area contributed by atoms with E-state index in [1.807, 2.05) is 32.0 Å². The van der Waals surface area contributed by atoms with Gasteiger partial charge in [0.2, 0.25) is 0 Å². The van der Waals surface area contributed by atoms with Crippen molar-refractivity contribution in [3.63, 3.8) is 0 Å². The van der Waals surface area contributed by atoms with Crippen molar-refractivity contribution < 1.29 is 9.53 Å². The molecule has 108 valence electrons. The number of nitrogens with zero attached hydrogens (tertiary/aromatic N) is 1. The van der Waals surface area contributed by atoms with Crippen molar-refractivity contribution in [2.24, 2.45) is 5.73 Å². The first-order chi connectivity index (χ1) is 9.55. The molecule has 1 aromatic carbocycles. The van der Waals surface area contributed by atoms with E-state index < -0.39 is 0 Å². The lowest BCUT2D eigenvalue weighted by atomic mass is 10.1. The zero-order valence-electron chi connectivity index (χ0n) is 12.3. The molecule has 1 unspecified atom stereocenters. The number of carbonyl (C=O) groups is 1. The molecule has 4 heteroatoms. The van der Waals surface area contributed by atoms with Crippen LogP contribution in [0.1, 0.15) is 32.8 Å². The van der Waals surface area contributed by atoms with Gasteiger partial charge in [-0.15, -0.1) is 0 Å². The third-order valence-corrected chi connectivity index (χ3v) is 3.36. The fourth-order valence-electron chi connectivity index (χ4n) is 2.27. The van der Waals surface area contributed by atoms with Crippen LogP contribution in [0.15, 0.2) is 29.8 Å². The lowest BCUT2D eigenvalue weighted by molar-refractivity contribution is -0.114. The largest absolute Gasteiger partial charge is 0.486 e. The molecule has 0 bridgehead atoms. The molecule has 20 heavy (non-hydrogen) atoms. The molecule has 1 amide bonds. The highest BCUT2D eigenvalue weighted by Gasteiger charge is 2.28. The number of amides is 1. The van der Waals surface area contributed by atoms with Gasteiger partial charge in [-0.05, 0) is 38.0 Å². The van der Waals surface area contributed by atoms with E-state index in [0.717, 1.165) is 29.0 Å². The summed E-state index contributed by atoms with van der Waals surface area (Å²) in [6, 6.07) is 5.79. The van der Waals surface area contributed by atoms with Crippen molar-refractivity contribution in [3.05, 3.63) is 35.4 Å². The summed E-state index contributed by atoms with van der Waals surface area (Å²) in [4.78, 5) is 14.1. The van der Waals surface area contributed by atoms with Gasteiger partial charge in [-0.2, -0.15) is 0 Å². The normalized spacial score (nSPS) is 17.2. The Morgan fingerprint density at radius 2 is 2.25 bits per heavy atom. The van der Waals surface area contributed by atoms with Crippen LogP contribution >= 0.6 is 0 Å². The monoisotopic (exact) mass is 274 g/mol. The van der Waals surface area contributed by atoms with E-state index in [-0.39, 0.29) is 12.0 Å². The van der Waals surface area contributed by atoms with Crippen molar-refractivity contribution in [2.45, 2.75) is 39.8 Å². The molecule has 2 rings (SSSR count). The summed E-state index contributed by atoms with van der Waals surface area (Å²) in [5.74, 6) is 0.759. The highest BCUT2D eigenvalue weighted by atomic mass is 16.5. The number of hydrogen-bond acceptors (Lipinski definition) is 3. The Bertz CT molecular complexity index is 533. The second-order valence-electron chi connectivity index (χ2n) is 5.32. The van der Waals surface area contributed by atoms with Gasteiger partial charge in [-0.1, -0.05) is 18.6 Å². The van der Waals surface area contributed by atoms with Gasteiger partial charge in [-0.25, -0.2) is 0 Å². The van der Waals surface area contributed by atoms with E-state index in [2.05, 4.69) is 6.92 Å². The van der Waals surface area contributed by atoms with Crippen LogP contribution in [0.5, 0.6) is 5.75 Å². The Balaban J connectivity index is 2.39. The summed E-state index contributed by atoms with van der Waals surface area (Å²) >= 11 is 0. The Morgan fingerprint density at radius 1 is 1.50 bits per heavy atom. The zero-order chi connectivity index (χ0) is 14.7. The SMILES string of the molecule is CCC1CN(C(=O)C=C(C)C)c2ccc(CN)cc2O1. The molecule has 4 nitrogen and oxygen atoms in total. The molecule has 0 radical (unpaired) electrons. The zero-order valence-corrected chi connectivity index (χ0v) is 12.3. The Kier molecular flexibility index (Phi) is 4.45. The number of fused-ring (bicyclic) bond motifs is 1. The quantitative estimate of drug-likeness (QED) is 0.862. The average molecular weight is 274 g/mol. The number of benzene rings is 1. The minimum Gasteiger partial charge on any atom is -0.486 e. The van der Waals surface area contributed by atoms with E-state index in [1.54, 1.807) is 11.0 Å². The van der Waals surface area contributed by atoms with Crippen LogP contribution in [0.2, 0.25) is 0 Å². The average Bonchev–Trinajstić information content (AvgIpc) is 2.44. The van der Waals surface area contributed by atoms with Gasteiger partial charge >= 0.3 is 0 Å². The standard InChI is InChI=1S/C16H22N2O2/c1-4-13-10-18(16(19)7-11(2)3)14-6-5-12(9-17)8-15(14)20-13/h5-8,13H,4,9-10,17H2,1-3H3. The Morgan fingerprint density at radius 3 is 2.85 bits per heavy atom. The smallest absolute Gasteiger partial charge is 0.251 e. The van der Waals surface area contributed by atoms with E-state index in [0.29, 0.717) is 13.1 Å². The molecule has 1 aromatic rings. The first-order valence-electron chi connectivity index (χ1n) is 7.01. The summed E-state index contributed by atoms with van der Waals surface area (Å²) in [6.07, 6.45) is 2.56. The molecule has 0 saturated carbocycles. The maximum Gasteiger partial charge on any atom is 0.251 e. The number of nitrogens with two attached hydrogens (primary N) is 1. The van der Waals surface area contributed by atoms with Crippen LogP contribution < -0.4 is 15.4 Å². The van der Waals surface area contributed by atoms with Gasteiger partial charge in [0.05, 0.1) is 12.2 Å². The molecular weight excluding hydrogens is 252 g/mol. The van der Waals surface area contributed by atoms with Crippen LogP contribution in [0.3, 0.4) is 0 Å². The Labute approximate surface area is 120 Å². The number of anilines is 1. The van der Waals surface area contributed by atoms with Gasteiger partial charge in [0, 0.05) is 12.6 Å². The highest BCUT2D eigenvalue weighted by Crippen LogP contribution is 2.35. The maximum atomic E-state index is 12.4. The summed E-state index contributed by atoms with van der Waals surface area (Å²) in [5.41, 5.74) is 8.50. The molecule has 0 fully saturated rings. The third-order valence-electron chi connectivity index (χ3n) is 3.36. The van der Waals surface area contributed by atoms with Crippen LogP contribution in [-0.2, 0) is 11.3 Å². The molecule has 0 aliphatic carbocycles. The molecule has 1 atom stereocenters. The summed E-state index contributed by atoms with van der Waals surface area (Å²) in [5, 5.41) is 0. The van der Waals surface area contributed by atoms with Crippen molar-refractivity contribution in [1.29, 1.82) is 0 Å².